The standard InChI is InChI=1S/C22H22N4O2S/c1-14(2)12-18-21(28)25-20-16-10-6-7-11-17(16)24-22(26(18)20)29-13-19(27)23-15-8-4-3-5-9-15/h3-11,14,18H,12-13H2,1-2H3,(H,23,27). The third-order valence-electron chi connectivity index (χ3n) is 4.69. The van der Waals surface area contributed by atoms with Crippen molar-refractivity contribution in [2.45, 2.75) is 26.3 Å². The van der Waals surface area contributed by atoms with Crippen LogP contribution < -0.4 is 5.32 Å². The summed E-state index contributed by atoms with van der Waals surface area (Å²) in [6, 6.07) is 16.6. The van der Waals surface area contributed by atoms with E-state index in [1.807, 2.05) is 59.5 Å². The number of benzene rings is 2. The highest BCUT2D eigenvalue weighted by Gasteiger charge is 2.41. The molecule has 0 saturated carbocycles. The van der Waals surface area contributed by atoms with Gasteiger partial charge in [0.1, 0.15) is 11.9 Å². The molecule has 2 aliphatic rings. The number of carbonyl (C=O) groups is 2. The number of rotatable bonds is 5. The fourth-order valence-corrected chi connectivity index (χ4v) is 4.27. The maximum absolute atomic E-state index is 12.6. The summed E-state index contributed by atoms with van der Waals surface area (Å²) in [6.07, 6.45) is 0.684. The average molecular weight is 407 g/mol. The molecule has 2 aromatic carbocycles. The van der Waals surface area contributed by atoms with E-state index in [1.165, 1.54) is 11.8 Å². The Labute approximate surface area is 174 Å². The van der Waals surface area contributed by atoms with E-state index < -0.39 is 0 Å². The molecule has 0 fully saturated rings. The number of anilines is 1. The van der Waals surface area contributed by atoms with E-state index in [9.17, 15) is 9.59 Å². The highest BCUT2D eigenvalue weighted by Crippen LogP contribution is 2.35. The number of carbonyl (C=O) groups excluding carboxylic acids is 2. The van der Waals surface area contributed by atoms with Crippen molar-refractivity contribution in [3.8, 4) is 0 Å². The molecule has 148 valence electrons. The van der Waals surface area contributed by atoms with Crippen LogP contribution in [0.4, 0.5) is 11.4 Å². The molecule has 0 spiro atoms. The lowest BCUT2D eigenvalue weighted by Crippen LogP contribution is -2.44. The molecule has 1 unspecified atom stereocenters. The Morgan fingerprint density at radius 2 is 1.83 bits per heavy atom. The molecule has 0 saturated heterocycles. The van der Waals surface area contributed by atoms with Gasteiger partial charge in [0.2, 0.25) is 5.91 Å². The third kappa shape index (κ3) is 4.10. The Hall–Kier alpha value is -2.93. The molecule has 29 heavy (non-hydrogen) atoms. The van der Waals surface area contributed by atoms with E-state index in [4.69, 9.17) is 4.99 Å². The molecule has 2 amide bonds. The lowest BCUT2D eigenvalue weighted by atomic mass is 10.0. The van der Waals surface area contributed by atoms with Gasteiger partial charge in [0.25, 0.3) is 5.91 Å². The Morgan fingerprint density at radius 1 is 1.10 bits per heavy atom. The minimum Gasteiger partial charge on any atom is -0.325 e. The molecule has 2 aromatic rings. The predicted molar refractivity (Wildman–Crippen MR) is 118 cm³/mol. The van der Waals surface area contributed by atoms with Crippen molar-refractivity contribution in [3.05, 3.63) is 60.2 Å². The van der Waals surface area contributed by atoms with Crippen LogP contribution in [0.3, 0.4) is 0 Å². The first-order valence-electron chi connectivity index (χ1n) is 9.60. The smallest absolute Gasteiger partial charge is 0.270 e. The van der Waals surface area contributed by atoms with Gasteiger partial charge in [0.15, 0.2) is 5.17 Å². The Bertz CT molecular complexity index is 1000. The average Bonchev–Trinajstić information content (AvgIpc) is 3.03. The highest BCUT2D eigenvalue weighted by atomic mass is 32.2. The molecular formula is C22H22N4O2S. The van der Waals surface area contributed by atoms with Crippen molar-refractivity contribution >= 4 is 46.0 Å². The van der Waals surface area contributed by atoms with Gasteiger partial charge in [-0.25, -0.2) is 4.99 Å². The zero-order valence-corrected chi connectivity index (χ0v) is 17.1. The van der Waals surface area contributed by atoms with Crippen LogP contribution in [0.5, 0.6) is 0 Å². The van der Waals surface area contributed by atoms with Crippen LogP contribution in [0.1, 0.15) is 25.8 Å². The molecule has 2 aliphatic heterocycles. The van der Waals surface area contributed by atoms with Crippen LogP contribution in [0.2, 0.25) is 0 Å². The molecule has 1 atom stereocenters. The van der Waals surface area contributed by atoms with Gasteiger partial charge < -0.3 is 5.32 Å². The summed E-state index contributed by atoms with van der Waals surface area (Å²) in [5.41, 5.74) is 2.38. The maximum Gasteiger partial charge on any atom is 0.270 e. The topological polar surface area (TPSA) is 74.1 Å². The molecule has 4 rings (SSSR count). The van der Waals surface area contributed by atoms with Gasteiger partial charge in [0, 0.05) is 11.3 Å². The second-order valence-electron chi connectivity index (χ2n) is 7.40. The van der Waals surface area contributed by atoms with Crippen LogP contribution in [-0.2, 0) is 9.59 Å². The molecule has 0 aromatic heterocycles. The maximum atomic E-state index is 12.6. The number of amidine groups is 2. The number of thioether (sulfide) groups is 1. The number of hydrogen-bond acceptors (Lipinski definition) is 5. The van der Waals surface area contributed by atoms with Gasteiger partial charge in [-0.15, -0.1) is 0 Å². The summed E-state index contributed by atoms with van der Waals surface area (Å²) in [6.45, 7) is 4.17. The molecular weight excluding hydrogens is 384 g/mol. The second kappa shape index (κ2) is 8.21. The summed E-state index contributed by atoms with van der Waals surface area (Å²) in [7, 11) is 0. The van der Waals surface area contributed by atoms with Gasteiger partial charge in [-0.2, -0.15) is 4.99 Å². The first kappa shape index (κ1) is 19.4. The summed E-state index contributed by atoms with van der Waals surface area (Å²) < 4.78 is 0. The van der Waals surface area contributed by atoms with Crippen molar-refractivity contribution in [2.24, 2.45) is 15.9 Å². The first-order valence-corrected chi connectivity index (χ1v) is 10.6. The van der Waals surface area contributed by atoms with Crippen molar-refractivity contribution in [3.63, 3.8) is 0 Å². The van der Waals surface area contributed by atoms with Crippen LogP contribution in [0.15, 0.2) is 64.6 Å². The summed E-state index contributed by atoms with van der Waals surface area (Å²) in [4.78, 5) is 36.1. The normalized spacial score (nSPS) is 17.6. The zero-order valence-electron chi connectivity index (χ0n) is 16.3. The fraction of sp³-hybridized carbons (Fsp3) is 0.273. The number of fused-ring (bicyclic) bond motifs is 3. The molecule has 0 aliphatic carbocycles. The lowest BCUT2D eigenvalue weighted by Gasteiger charge is -2.31. The van der Waals surface area contributed by atoms with E-state index in [-0.39, 0.29) is 23.6 Å². The molecule has 6 nitrogen and oxygen atoms in total. The van der Waals surface area contributed by atoms with E-state index in [1.54, 1.807) is 0 Å². The highest BCUT2D eigenvalue weighted by molar-refractivity contribution is 8.14. The van der Waals surface area contributed by atoms with Crippen molar-refractivity contribution < 1.29 is 9.59 Å². The van der Waals surface area contributed by atoms with Crippen LogP contribution in [-0.4, -0.2) is 39.5 Å². The van der Waals surface area contributed by atoms with Gasteiger partial charge >= 0.3 is 0 Å². The van der Waals surface area contributed by atoms with Gasteiger partial charge in [-0.05, 0) is 36.6 Å². The summed E-state index contributed by atoms with van der Waals surface area (Å²) in [5.74, 6) is 0.905. The number of nitrogens with zero attached hydrogens (tertiary/aromatic N) is 3. The van der Waals surface area contributed by atoms with Crippen LogP contribution in [0, 0.1) is 5.92 Å². The van der Waals surface area contributed by atoms with E-state index >= 15 is 0 Å². The second-order valence-corrected chi connectivity index (χ2v) is 8.35. The van der Waals surface area contributed by atoms with E-state index in [0.29, 0.717) is 23.3 Å². The van der Waals surface area contributed by atoms with Gasteiger partial charge in [0.05, 0.1) is 11.4 Å². The van der Waals surface area contributed by atoms with Gasteiger partial charge in [-0.1, -0.05) is 55.9 Å². The number of hydrogen-bond donors (Lipinski definition) is 1. The summed E-state index contributed by atoms with van der Waals surface area (Å²) >= 11 is 1.33. The Kier molecular flexibility index (Phi) is 5.49. The molecule has 2 heterocycles. The largest absolute Gasteiger partial charge is 0.325 e. The number of nitrogens with one attached hydrogen (secondary N) is 1. The summed E-state index contributed by atoms with van der Waals surface area (Å²) in [5, 5.41) is 3.52. The lowest BCUT2D eigenvalue weighted by molar-refractivity contribution is -0.120. The number of aliphatic imine (C=N–C) groups is 2. The van der Waals surface area contributed by atoms with Crippen LogP contribution in [0.25, 0.3) is 0 Å². The SMILES string of the molecule is CC(C)CC1C(=O)N=C2c3ccccc3N=C(SCC(=O)Nc3ccccc3)N21. The van der Waals surface area contributed by atoms with Crippen molar-refractivity contribution in [1.82, 2.24) is 4.90 Å². The quantitative estimate of drug-likeness (QED) is 0.812. The van der Waals surface area contributed by atoms with Crippen molar-refractivity contribution in [1.29, 1.82) is 0 Å². The van der Waals surface area contributed by atoms with Gasteiger partial charge in [-0.3, -0.25) is 14.5 Å². The third-order valence-corrected chi connectivity index (χ3v) is 5.65. The number of para-hydroxylation sites is 2. The molecule has 0 radical (unpaired) electrons. The number of amides is 2. The van der Waals surface area contributed by atoms with E-state index in [2.05, 4.69) is 24.2 Å². The van der Waals surface area contributed by atoms with E-state index in [0.717, 1.165) is 16.9 Å². The zero-order chi connectivity index (χ0) is 20.4. The van der Waals surface area contributed by atoms with Crippen molar-refractivity contribution in [2.75, 3.05) is 11.1 Å². The fourth-order valence-electron chi connectivity index (χ4n) is 3.43. The minimum absolute atomic E-state index is 0.118. The molecule has 1 N–H and O–H groups in total. The Morgan fingerprint density at radius 3 is 2.59 bits per heavy atom. The first-order chi connectivity index (χ1) is 14.0. The minimum atomic E-state index is -0.373. The van der Waals surface area contributed by atoms with Crippen LogP contribution >= 0.6 is 11.8 Å². The molecule has 0 bridgehead atoms. The molecule has 7 heteroatoms. The monoisotopic (exact) mass is 406 g/mol. The predicted octanol–water partition coefficient (Wildman–Crippen LogP) is 4.06. The Balaban J connectivity index is 1.57.